The van der Waals surface area contributed by atoms with Gasteiger partial charge in [-0.3, -0.25) is 0 Å². The summed E-state index contributed by atoms with van der Waals surface area (Å²) < 4.78 is 36.8. The summed E-state index contributed by atoms with van der Waals surface area (Å²) in [6.45, 7) is -0.0407. The lowest BCUT2D eigenvalue weighted by atomic mass is 10.1. The van der Waals surface area contributed by atoms with E-state index < -0.39 is 36.9 Å². The molecule has 4 atom stereocenters. The van der Waals surface area contributed by atoms with Crippen molar-refractivity contribution in [1.82, 2.24) is 9.97 Å². The van der Waals surface area contributed by atoms with E-state index in [9.17, 15) is 23.4 Å². The summed E-state index contributed by atoms with van der Waals surface area (Å²) >= 11 is 5.91. The van der Waals surface area contributed by atoms with Gasteiger partial charge in [0.1, 0.15) is 23.6 Å². The zero-order valence-electron chi connectivity index (χ0n) is 12.7. The second kappa shape index (κ2) is 7.26. The standard InChI is InChI=1S/C13H18ClF3N4O3/c1-5-10(14)20-12(18-4-13(15,16)17)21-11(5)19-7-2-6(3-22)8(23)9(7)24/h6-9,22-24H,2-4H2,1H3,(H2,18,19,20,21)/t6-,7-,8-,9+/m1/s1. The van der Waals surface area contributed by atoms with E-state index in [1.54, 1.807) is 6.92 Å². The summed E-state index contributed by atoms with van der Waals surface area (Å²) in [6, 6.07) is -0.628. The number of nitrogens with one attached hydrogen (secondary N) is 2. The van der Waals surface area contributed by atoms with Gasteiger partial charge in [-0.25, -0.2) is 4.98 Å². The van der Waals surface area contributed by atoms with Gasteiger partial charge in [-0.1, -0.05) is 11.6 Å². The van der Waals surface area contributed by atoms with Crippen molar-refractivity contribution in [3.8, 4) is 0 Å². The first kappa shape index (κ1) is 19.0. The average molecular weight is 371 g/mol. The SMILES string of the molecule is Cc1c(Cl)nc(NCC(F)(F)F)nc1N[C@@H]1C[C@H](CO)[C@@H](O)[C@H]1O. The number of hydrogen-bond donors (Lipinski definition) is 5. The molecular formula is C13H18ClF3N4O3. The van der Waals surface area contributed by atoms with Crippen molar-refractivity contribution in [2.45, 2.75) is 37.8 Å². The molecule has 0 bridgehead atoms. The second-order valence-electron chi connectivity index (χ2n) is 5.69. The molecule has 5 N–H and O–H groups in total. The van der Waals surface area contributed by atoms with E-state index in [2.05, 4.69) is 15.3 Å². The van der Waals surface area contributed by atoms with Crippen LogP contribution in [0.5, 0.6) is 0 Å². The van der Waals surface area contributed by atoms with Crippen LogP contribution in [0.2, 0.25) is 5.15 Å². The smallest absolute Gasteiger partial charge is 0.396 e. The van der Waals surface area contributed by atoms with Crippen LogP contribution in [0.15, 0.2) is 0 Å². The van der Waals surface area contributed by atoms with Crippen LogP contribution in [0.25, 0.3) is 0 Å². The first-order chi connectivity index (χ1) is 11.1. The number of aliphatic hydroxyl groups is 3. The first-order valence-electron chi connectivity index (χ1n) is 7.20. The predicted molar refractivity (Wildman–Crippen MR) is 80.9 cm³/mol. The number of rotatable bonds is 5. The van der Waals surface area contributed by atoms with Crippen LogP contribution in [0.4, 0.5) is 24.9 Å². The van der Waals surface area contributed by atoms with Gasteiger partial charge >= 0.3 is 6.18 Å². The highest BCUT2D eigenvalue weighted by Crippen LogP contribution is 2.31. The number of anilines is 2. The predicted octanol–water partition coefficient (Wildman–Crippen LogP) is 0.927. The maximum absolute atomic E-state index is 12.3. The maximum Gasteiger partial charge on any atom is 0.405 e. The van der Waals surface area contributed by atoms with Gasteiger partial charge < -0.3 is 26.0 Å². The van der Waals surface area contributed by atoms with Gasteiger partial charge in [-0.05, 0) is 13.3 Å². The number of aliphatic hydroxyl groups excluding tert-OH is 3. The number of halogens is 4. The molecule has 2 rings (SSSR count). The summed E-state index contributed by atoms with van der Waals surface area (Å²) in [5.41, 5.74) is 0.392. The molecule has 0 saturated heterocycles. The Bertz CT molecular complexity index is 590. The molecule has 1 aromatic rings. The minimum Gasteiger partial charge on any atom is -0.396 e. The van der Waals surface area contributed by atoms with Gasteiger partial charge in [-0.2, -0.15) is 18.2 Å². The molecular weight excluding hydrogens is 353 g/mol. The molecule has 11 heteroatoms. The van der Waals surface area contributed by atoms with E-state index in [-0.39, 0.29) is 29.9 Å². The van der Waals surface area contributed by atoms with Crippen molar-refractivity contribution < 1.29 is 28.5 Å². The summed E-state index contributed by atoms with van der Waals surface area (Å²) in [7, 11) is 0. The quantitative estimate of drug-likeness (QED) is 0.490. The Morgan fingerprint density at radius 2 is 1.92 bits per heavy atom. The molecule has 0 spiro atoms. The van der Waals surface area contributed by atoms with Crippen molar-refractivity contribution in [2.75, 3.05) is 23.8 Å². The molecule has 0 unspecified atom stereocenters. The highest BCUT2D eigenvalue weighted by Gasteiger charge is 2.41. The van der Waals surface area contributed by atoms with Crippen LogP contribution >= 0.6 is 11.6 Å². The molecule has 0 aromatic carbocycles. The summed E-state index contributed by atoms with van der Waals surface area (Å²) in [5.74, 6) is -0.662. The third-order valence-corrected chi connectivity index (χ3v) is 4.26. The minimum atomic E-state index is -4.44. The number of nitrogens with zero attached hydrogens (tertiary/aromatic N) is 2. The molecule has 0 radical (unpaired) electrons. The second-order valence-corrected chi connectivity index (χ2v) is 6.05. The van der Waals surface area contributed by atoms with E-state index in [0.717, 1.165) is 0 Å². The lowest BCUT2D eigenvalue weighted by Crippen LogP contribution is -2.36. The highest BCUT2D eigenvalue weighted by atomic mass is 35.5. The van der Waals surface area contributed by atoms with Gasteiger partial charge in [0.05, 0.1) is 12.1 Å². The zero-order valence-corrected chi connectivity index (χ0v) is 13.4. The fourth-order valence-electron chi connectivity index (χ4n) is 2.51. The van der Waals surface area contributed by atoms with E-state index >= 15 is 0 Å². The molecule has 1 fully saturated rings. The fraction of sp³-hybridized carbons (Fsp3) is 0.692. The van der Waals surface area contributed by atoms with Gasteiger partial charge in [0.25, 0.3) is 0 Å². The Kier molecular flexibility index (Phi) is 5.74. The summed E-state index contributed by atoms with van der Waals surface area (Å²) in [6.07, 6.45) is -6.42. The molecule has 7 nitrogen and oxygen atoms in total. The zero-order chi connectivity index (χ0) is 18.1. The lowest BCUT2D eigenvalue weighted by Gasteiger charge is -2.20. The highest BCUT2D eigenvalue weighted by molar-refractivity contribution is 6.30. The Morgan fingerprint density at radius 3 is 2.46 bits per heavy atom. The van der Waals surface area contributed by atoms with Gasteiger partial charge in [0, 0.05) is 18.1 Å². The van der Waals surface area contributed by atoms with E-state index in [0.29, 0.717) is 5.56 Å². The molecule has 0 aliphatic heterocycles. The van der Waals surface area contributed by atoms with Crippen LogP contribution in [-0.4, -0.2) is 62.9 Å². The third-order valence-electron chi connectivity index (χ3n) is 3.89. The normalized spacial score (nSPS) is 27.3. The van der Waals surface area contributed by atoms with Gasteiger partial charge in [0.2, 0.25) is 5.95 Å². The Morgan fingerprint density at radius 1 is 1.25 bits per heavy atom. The van der Waals surface area contributed by atoms with Gasteiger partial charge in [-0.15, -0.1) is 0 Å². The van der Waals surface area contributed by atoms with E-state index in [1.165, 1.54) is 0 Å². The fourth-order valence-corrected chi connectivity index (χ4v) is 2.68. The summed E-state index contributed by atoms with van der Waals surface area (Å²) in [4.78, 5) is 7.66. The van der Waals surface area contributed by atoms with Crippen LogP contribution in [0, 0.1) is 12.8 Å². The molecule has 136 valence electrons. The largest absolute Gasteiger partial charge is 0.405 e. The van der Waals surface area contributed by atoms with Crippen molar-refractivity contribution in [2.24, 2.45) is 5.92 Å². The Hall–Kier alpha value is -1.36. The van der Waals surface area contributed by atoms with Crippen LogP contribution < -0.4 is 10.6 Å². The Labute approximate surface area is 140 Å². The van der Waals surface area contributed by atoms with Crippen LogP contribution in [0.3, 0.4) is 0 Å². The Balaban J connectivity index is 2.16. The van der Waals surface area contributed by atoms with Crippen LogP contribution in [0.1, 0.15) is 12.0 Å². The topological polar surface area (TPSA) is 111 Å². The van der Waals surface area contributed by atoms with Crippen molar-refractivity contribution >= 4 is 23.4 Å². The lowest BCUT2D eigenvalue weighted by molar-refractivity contribution is -0.115. The molecule has 1 aromatic heterocycles. The molecule has 1 aliphatic carbocycles. The van der Waals surface area contributed by atoms with Crippen molar-refractivity contribution in [1.29, 1.82) is 0 Å². The van der Waals surface area contributed by atoms with Crippen LogP contribution in [-0.2, 0) is 0 Å². The monoisotopic (exact) mass is 370 g/mol. The molecule has 1 aliphatic rings. The molecule has 1 heterocycles. The van der Waals surface area contributed by atoms with Crippen molar-refractivity contribution in [3.63, 3.8) is 0 Å². The van der Waals surface area contributed by atoms with E-state index in [4.69, 9.17) is 16.7 Å². The molecule has 1 saturated carbocycles. The molecule has 0 amide bonds. The number of aromatic nitrogens is 2. The average Bonchev–Trinajstić information content (AvgIpc) is 2.77. The number of hydrogen-bond acceptors (Lipinski definition) is 7. The summed E-state index contributed by atoms with van der Waals surface area (Å²) in [5, 5.41) is 33.8. The van der Waals surface area contributed by atoms with E-state index in [1.807, 2.05) is 5.32 Å². The van der Waals surface area contributed by atoms with Gasteiger partial charge in [0.15, 0.2) is 0 Å². The number of alkyl halides is 3. The third kappa shape index (κ3) is 4.38. The first-order valence-corrected chi connectivity index (χ1v) is 7.58. The maximum atomic E-state index is 12.3. The minimum absolute atomic E-state index is 0.0380. The van der Waals surface area contributed by atoms with Crippen molar-refractivity contribution in [3.05, 3.63) is 10.7 Å². The molecule has 24 heavy (non-hydrogen) atoms.